The van der Waals surface area contributed by atoms with Crippen LogP contribution in [0.4, 0.5) is 0 Å². The highest BCUT2D eigenvalue weighted by Crippen LogP contribution is 2.36. The molecule has 31 heavy (non-hydrogen) atoms. The van der Waals surface area contributed by atoms with Gasteiger partial charge in [0, 0.05) is 51.5 Å². The predicted molar refractivity (Wildman–Crippen MR) is 121 cm³/mol. The van der Waals surface area contributed by atoms with Gasteiger partial charge in [0.25, 0.3) is 11.8 Å². The van der Waals surface area contributed by atoms with E-state index < -0.39 is 0 Å². The number of amides is 2. The maximum atomic E-state index is 13.4. The van der Waals surface area contributed by atoms with Gasteiger partial charge in [-0.1, -0.05) is 38.5 Å². The standard InChI is InChI=1S/C24H35N3O4/c1-4-6-17-31-18-9-12-27-23(28)21(19-10-7-8-11-20(19)30-3)22(24(27)29)26-15-13-25(5-2)14-16-26/h7-8,10-11H,4-6,9,12-18H2,1-3H3. The Morgan fingerprint density at radius 2 is 1.65 bits per heavy atom. The van der Waals surface area contributed by atoms with Gasteiger partial charge in [-0.2, -0.15) is 0 Å². The van der Waals surface area contributed by atoms with Gasteiger partial charge in [-0.05, 0) is 25.5 Å². The highest BCUT2D eigenvalue weighted by Gasteiger charge is 2.42. The number of piperazine rings is 1. The van der Waals surface area contributed by atoms with E-state index in [-0.39, 0.29) is 11.8 Å². The summed E-state index contributed by atoms with van der Waals surface area (Å²) in [5.74, 6) is 0.161. The molecule has 1 aromatic carbocycles. The highest BCUT2D eigenvalue weighted by molar-refractivity contribution is 6.36. The van der Waals surface area contributed by atoms with Crippen LogP contribution in [-0.2, 0) is 14.3 Å². The lowest BCUT2D eigenvalue weighted by Crippen LogP contribution is -2.47. The van der Waals surface area contributed by atoms with E-state index in [2.05, 4.69) is 23.6 Å². The fraction of sp³-hybridized carbons (Fsp3) is 0.583. The van der Waals surface area contributed by atoms with Crippen molar-refractivity contribution in [2.45, 2.75) is 33.1 Å². The van der Waals surface area contributed by atoms with Crippen molar-refractivity contribution in [3.8, 4) is 5.75 Å². The fourth-order valence-electron chi connectivity index (χ4n) is 4.11. The Balaban J connectivity index is 1.83. The first-order valence-corrected chi connectivity index (χ1v) is 11.4. The number of hydrogen-bond donors (Lipinski definition) is 0. The number of ether oxygens (including phenoxy) is 2. The second-order valence-corrected chi connectivity index (χ2v) is 7.93. The molecule has 7 nitrogen and oxygen atoms in total. The van der Waals surface area contributed by atoms with Crippen molar-refractivity contribution in [3.63, 3.8) is 0 Å². The molecule has 0 unspecified atom stereocenters. The number of imide groups is 1. The van der Waals surface area contributed by atoms with Crippen molar-refractivity contribution in [1.29, 1.82) is 0 Å². The van der Waals surface area contributed by atoms with Crippen LogP contribution in [0.3, 0.4) is 0 Å². The van der Waals surface area contributed by atoms with Crippen LogP contribution in [0.2, 0.25) is 0 Å². The number of rotatable bonds is 11. The molecule has 0 atom stereocenters. The average molecular weight is 430 g/mol. The molecule has 0 bridgehead atoms. The third-order valence-corrected chi connectivity index (χ3v) is 5.97. The summed E-state index contributed by atoms with van der Waals surface area (Å²) in [5, 5.41) is 0. The van der Waals surface area contributed by atoms with Crippen LogP contribution in [0.1, 0.15) is 38.7 Å². The summed E-state index contributed by atoms with van der Waals surface area (Å²) in [7, 11) is 1.59. The molecule has 1 saturated heterocycles. The molecular formula is C24H35N3O4. The third kappa shape index (κ3) is 5.28. The van der Waals surface area contributed by atoms with Crippen LogP contribution in [0.25, 0.3) is 5.57 Å². The first-order valence-electron chi connectivity index (χ1n) is 11.4. The van der Waals surface area contributed by atoms with Crippen LogP contribution in [0.15, 0.2) is 30.0 Å². The summed E-state index contributed by atoms with van der Waals surface area (Å²) in [4.78, 5) is 32.7. The van der Waals surface area contributed by atoms with Crippen LogP contribution < -0.4 is 4.74 Å². The number of carbonyl (C=O) groups is 2. The summed E-state index contributed by atoms with van der Waals surface area (Å²) in [5.41, 5.74) is 1.65. The number of para-hydroxylation sites is 1. The number of carbonyl (C=O) groups excluding carboxylic acids is 2. The molecule has 3 rings (SSSR count). The van der Waals surface area contributed by atoms with Gasteiger partial charge in [0.2, 0.25) is 0 Å². The molecule has 1 fully saturated rings. The van der Waals surface area contributed by atoms with Gasteiger partial charge in [0.05, 0.1) is 12.7 Å². The van der Waals surface area contributed by atoms with Crippen LogP contribution in [0.5, 0.6) is 5.75 Å². The van der Waals surface area contributed by atoms with E-state index in [1.54, 1.807) is 7.11 Å². The van der Waals surface area contributed by atoms with E-state index in [1.807, 2.05) is 24.3 Å². The number of nitrogens with zero attached hydrogens (tertiary/aromatic N) is 3. The number of unbranched alkanes of at least 4 members (excludes halogenated alkanes) is 1. The Hall–Kier alpha value is -2.38. The quantitative estimate of drug-likeness (QED) is 0.398. The lowest BCUT2D eigenvalue weighted by atomic mass is 10.0. The van der Waals surface area contributed by atoms with E-state index in [1.165, 1.54) is 4.90 Å². The molecule has 2 aliphatic rings. The zero-order valence-corrected chi connectivity index (χ0v) is 19.1. The van der Waals surface area contributed by atoms with Gasteiger partial charge < -0.3 is 19.3 Å². The smallest absolute Gasteiger partial charge is 0.277 e. The minimum atomic E-state index is -0.240. The van der Waals surface area contributed by atoms with Crippen LogP contribution >= 0.6 is 0 Å². The summed E-state index contributed by atoms with van der Waals surface area (Å²) in [6, 6.07) is 7.44. The minimum absolute atomic E-state index is 0.204. The summed E-state index contributed by atoms with van der Waals surface area (Å²) in [6.45, 7) is 10.1. The molecule has 0 radical (unpaired) electrons. The molecule has 170 valence electrons. The van der Waals surface area contributed by atoms with Crippen molar-refractivity contribution < 1.29 is 19.1 Å². The zero-order valence-electron chi connectivity index (χ0n) is 19.1. The number of hydrogen-bond acceptors (Lipinski definition) is 6. The lowest BCUT2D eigenvalue weighted by Gasteiger charge is -2.36. The molecule has 7 heteroatoms. The Bertz CT molecular complexity index is 800. The molecule has 2 aliphatic heterocycles. The fourth-order valence-corrected chi connectivity index (χ4v) is 4.11. The largest absolute Gasteiger partial charge is 0.496 e. The Morgan fingerprint density at radius 1 is 0.935 bits per heavy atom. The SMILES string of the molecule is CCCCOCCCN1C(=O)C(c2ccccc2OC)=C(N2CCN(CC)CC2)C1=O. The first kappa shape index (κ1) is 23.3. The maximum Gasteiger partial charge on any atom is 0.277 e. The van der Waals surface area contributed by atoms with Gasteiger partial charge >= 0.3 is 0 Å². The Labute approximate surface area is 185 Å². The summed E-state index contributed by atoms with van der Waals surface area (Å²) >= 11 is 0. The molecule has 0 N–H and O–H groups in total. The van der Waals surface area contributed by atoms with E-state index in [0.717, 1.165) is 52.2 Å². The summed E-state index contributed by atoms with van der Waals surface area (Å²) < 4.78 is 11.1. The molecule has 0 spiro atoms. The van der Waals surface area contributed by atoms with Crippen molar-refractivity contribution in [2.24, 2.45) is 0 Å². The van der Waals surface area contributed by atoms with E-state index >= 15 is 0 Å². The van der Waals surface area contributed by atoms with Crippen molar-refractivity contribution in [3.05, 3.63) is 35.5 Å². The monoisotopic (exact) mass is 429 g/mol. The Morgan fingerprint density at radius 3 is 2.32 bits per heavy atom. The van der Waals surface area contributed by atoms with Crippen LogP contribution in [-0.4, -0.2) is 86.1 Å². The zero-order chi connectivity index (χ0) is 22.2. The molecule has 0 aromatic heterocycles. The van der Waals surface area contributed by atoms with Crippen molar-refractivity contribution in [2.75, 3.05) is 59.6 Å². The molecule has 1 aromatic rings. The van der Waals surface area contributed by atoms with E-state index in [0.29, 0.717) is 42.2 Å². The molecular weight excluding hydrogens is 394 g/mol. The van der Waals surface area contributed by atoms with Crippen molar-refractivity contribution in [1.82, 2.24) is 14.7 Å². The maximum absolute atomic E-state index is 13.4. The Kier molecular flexibility index (Phi) is 8.49. The third-order valence-electron chi connectivity index (χ3n) is 5.97. The topological polar surface area (TPSA) is 62.3 Å². The van der Waals surface area contributed by atoms with E-state index in [4.69, 9.17) is 9.47 Å². The van der Waals surface area contributed by atoms with Gasteiger partial charge in [0.1, 0.15) is 11.4 Å². The van der Waals surface area contributed by atoms with E-state index in [9.17, 15) is 9.59 Å². The minimum Gasteiger partial charge on any atom is -0.496 e. The second kappa shape index (κ2) is 11.3. The average Bonchev–Trinajstić information content (AvgIpc) is 3.05. The number of benzene rings is 1. The number of likely N-dealkylation sites (N-methyl/N-ethyl adjacent to an activating group) is 1. The highest BCUT2D eigenvalue weighted by atomic mass is 16.5. The second-order valence-electron chi connectivity index (χ2n) is 7.93. The van der Waals surface area contributed by atoms with Gasteiger partial charge in [-0.3, -0.25) is 14.5 Å². The normalized spacial score (nSPS) is 17.8. The van der Waals surface area contributed by atoms with Gasteiger partial charge in [-0.25, -0.2) is 0 Å². The van der Waals surface area contributed by atoms with Gasteiger partial charge in [-0.15, -0.1) is 0 Å². The molecule has 0 saturated carbocycles. The molecule has 0 aliphatic carbocycles. The number of methoxy groups -OCH3 is 1. The molecule has 2 heterocycles. The molecule has 2 amide bonds. The lowest BCUT2D eigenvalue weighted by molar-refractivity contribution is -0.137. The van der Waals surface area contributed by atoms with Crippen molar-refractivity contribution >= 4 is 17.4 Å². The summed E-state index contributed by atoms with van der Waals surface area (Å²) in [6.07, 6.45) is 2.75. The predicted octanol–water partition coefficient (Wildman–Crippen LogP) is 2.62. The first-order chi connectivity index (χ1) is 15.1. The van der Waals surface area contributed by atoms with Crippen LogP contribution in [0, 0.1) is 0 Å². The van der Waals surface area contributed by atoms with Gasteiger partial charge in [0.15, 0.2) is 0 Å².